The second-order valence-electron chi connectivity index (χ2n) is 4.29. The van der Waals surface area contributed by atoms with Crippen LogP contribution in [0.4, 0.5) is 10.5 Å². The van der Waals surface area contributed by atoms with Gasteiger partial charge in [0, 0.05) is 5.69 Å². The van der Waals surface area contributed by atoms with E-state index in [-0.39, 0.29) is 6.03 Å². The van der Waals surface area contributed by atoms with E-state index in [9.17, 15) is 4.79 Å². The van der Waals surface area contributed by atoms with Gasteiger partial charge in [-0.1, -0.05) is 29.5 Å². The van der Waals surface area contributed by atoms with E-state index in [1.807, 2.05) is 55.5 Å². The number of rotatable bonds is 1. The lowest BCUT2D eigenvalue weighted by atomic mass is 10.2. The Hall–Kier alpha value is -2.69. The lowest BCUT2D eigenvalue weighted by Crippen LogP contribution is -2.20. The van der Waals surface area contributed by atoms with Gasteiger partial charge in [-0.3, -0.25) is 0 Å². The third-order valence-electron chi connectivity index (χ3n) is 2.81. The van der Waals surface area contributed by atoms with Gasteiger partial charge in [0.2, 0.25) is 0 Å². The molecule has 0 spiro atoms. The predicted octanol–water partition coefficient (Wildman–Crippen LogP) is 2.82. The Morgan fingerprint density at radius 3 is 2.84 bits per heavy atom. The summed E-state index contributed by atoms with van der Waals surface area (Å²) in [6, 6.07) is 14.6. The van der Waals surface area contributed by atoms with Crippen LogP contribution < -0.4 is 5.32 Å². The first kappa shape index (κ1) is 11.4. The number of carbonyl (C=O) groups excluding carboxylic acids is 1. The van der Waals surface area contributed by atoms with Crippen LogP contribution in [0.15, 0.2) is 48.5 Å². The lowest BCUT2D eigenvalue weighted by Gasteiger charge is -2.05. The summed E-state index contributed by atoms with van der Waals surface area (Å²) in [7, 11) is 0. The summed E-state index contributed by atoms with van der Waals surface area (Å²) >= 11 is 0. The fourth-order valence-corrected chi connectivity index (χ4v) is 1.92. The maximum atomic E-state index is 12.1. The number of nitrogens with zero attached hydrogens (tertiary/aromatic N) is 3. The molecule has 5 nitrogen and oxygen atoms in total. The third-order valence-corrected chi connectivity index (χ3v) is 2.81. The van der Waals surface area contributed by atoms with Gasteiger partial charge in [0.05, 0.1) is 5.52 Å². The maximum absolute atomic E-state index is 12.1. The molecule has 1 amide bonds. The molecule has 0 radical (unpaired) electrons. The number of amides is 1. The summed E-state index contributed by atoms with van der Waals surface area (Å²) in [6.07, 6.45) is 0. The molecule has 0 bridgehead atoms. The van der Waals surface area contributed by atoms with Gasteiger partial charge in [0.15, 0.2) is 0 Å². The third kappa shape index (κ3) is 2.18. The molecule has 0 saturated heterocycles. The number of nitrogens with one attached hydrogen (secondary N) is 1. The molecule has 0 fully saturated rings. The van der Waals surface area contributed by atoms with Gasteiger partial charge in [-0.25, -0.2) is 4.79 Å². The summed E-state index contributed by atoms with van der Waals surface area (Å²) in [5.41, 5.74) is 3.21. The van der Waals surface area contributed by atoms with Crippen LogP contribution in [0.5, 0.6) is 0 Å². The summed E-state index contributed by atoms with van der Waals surface area (Å²) < 4.78 is 1.26. The van der Waals surface area contributed by atoms with Crippen molar-refractivity contribution in [3.8, 4) is 0 Å². The number of aromatic nitrogens is 3. The van der Waals surface area contributed by atoms with Crippen molar-refractivity contribution >= 4 is 22.8 Å². The highest BCUT2D eigenvalue weighted by molar-refractivity contribution is 5.96. The van der Waals surface area contributed by atoms with E-state index in [0.717, 1.165) is 11.3 Å². The number of hydrogen-bond acceptors (Lipinski definition) is 3. The molecule has 94 valence electrons. The van der Waals surface area contributed by atoms with Crippen LogP contribution in [0.25, 0.3) is 11.0 Å². The van der Waals surface area contributed by atoms with E-state index in [1.165, 1.54) is 4.68 Å². The van der Waals surface area contributed by atoms with Crippen LogP contribution in [0.3, 0.4) is 0 Å². The summed E-state index contributed by atoms with van der Waals surface area (Å²) in [5, 5.41) is 10.6. The van der Waals surface area contributed by atoms with Crippen molar-refractivity contribution < 1.29 is 4.79 Å². The van der Waals surface area contributed by atoms with Gasteiger partial charge in [-0.15, -0.1) is 5.10 Å². The van der Waals surface area contributed by atoms with Crippen molar-refractivity contribution in [2.45, 2.75) is 6.92 Å². The Balaban J connectivity index is 1.92. The van der Waals surface area contributed by atoms with Crippen LogP contribution in [0.2, 0.25) is 0 Å². The van der Waals surface area contributed by atoms with Crippen molar-refractivity contribution in [2.24, 2.45) is 0 Å². The number of para-hydroxylation sites is 1. The topological polar surface area (TPSA) is 59.8 Å². The van der Waals surface area contributed by atoms with Crippen molar-refractivity contribution in [1.82, 2.24) is 15.0 Å². The number of carbonyl (C=O) groups is 1. The first-order chi connectivity index (χ1) is 9.24. The zero-order chi connectivity index (χ0) is 13.2. The number of aryl methyl sites for hydroxylation is 1. The smallest absolute Gasteiger partial charge is 0.306 e. The van der Waals surface area contributed by atoms with E-state index in [1.54, 1.807) is 0 Å². The van der Waals surface area contributed by atoms with E-state index in [2.05, 4.69) is 15.6 Å². The van der Waals surface area contributed by atoms with E-state index in [4.69, 9.17) is 0 Å². The fraction of sp³-hybridized carbons (Fsp3) is 0.0714. The quantitative estimate of drug-likeness (QED) is 0.724. The molecule has 1 heterocycles. The van der Waals surface area contributed by atoms with E-state index < -0.39 is 0 Å². The largest absolute Gasteiger partial charge is 0.348 e. The molecule has 0 aliphatic rings. The minimum atomic E-state index is -0.320. The van der Waals surface area contributed by atoms with Gasteiger partial charge in [-0.2, -0.15) is 4.68 Å². The highest BCUT2D eigenvalue weighted by Gasteiger charge is 2.11. The zero-order valence-electron chi connectivity index (χ0n) is 10.4. The SMILES string of the molecule is Cc1cccc(NC(=O)n2nnc3ccccc32)c1. The van der Waals surface area contributed by atoms with Crippen molar-refractivity contribution in [2.75, 3.05) is 5.32 Å². The molecule has 19 heavy (non-hydrogen) atoms. The maximum Gasteiger partial charge on any atom is 0.348 e. The molecule has 0 unspecified atom stereocenters. The molecule has 3 aromatic rings. The second-order valence-corrected chi connectivity index (χ2v) is 4.29. The Morgan fingerprint density at radius 2 is 2.00 bits per heavy atom. The summed E-state index contributed by atoms with van der Waals surface area (Å²) in [6.45, 7) is 1.97. The molecule has 2 aromatic carbocycles. The van der Waals surface area contributed by atoms with Crippen LogP contribution in [-0.4, -0.2) is 21.0 Å². The lowest BCUT2D eigenvalue weighted by molar-refractivity contribution is 0.251. The normalized spacial score (nSPS) is 10.6. The molecule has 0 aliphatic heterocycles. The van der Waals surface area contributed by atoms with Gasteiger partial charge in [0.25, 0.3) is 0 Å². The van der Waals surface area contributed by atoms with Crippen LogP contribution >= 0.6 is 0 Å². The number of anilines is 1. The van der Waals surface area contributed by atoms with Gasteiger partial charge >= 0.3 is 6.03 Å². The number of fused-ring (bicyclic) bond motifs is 1. The zero-order valence-corrected chi connectivity index (χ0v) is 10.4. The average molecular weight is 252 g/mol. The number of benzene rings is 2. The molecular weight excluding hydrogens is 240 g/mol. The Morgan fingerprint density at radius 1 is 1.16 bits per heavy atom. The number of hydrogen-bond donors (Lipinski definition) is 1. The predicted molar refractivity (Wildman–Crippen MR) is 73.1 cm³/mol. The molecule has 5 heteroatoms. The molecular formula is C14H12N4O. The highest BCUT2D eigenvalue weighted by atomic mass is 16.2. The molecule has 3 rings (SSSR count). The van der Waals surface area contributed by atoms with Crippen molar-refractivity contribution in [1.29, 1.82) is 0 Å². The Kier molecular flexibility index (Phi) is 2.72. The average Bonchev–Trinajstić information content (AvgIpc) is 2.82. The summed E-state index contributed by atoms with van der Waals surface area (Å²) in [4.78, 5) is 12.1. The Bertz CT molecular complexity index is 748. The van der Waals surface area contributed by atoms with Crippen LogP contribution in [-0.2, 0) is 0 Å². The second kappa shape index (κ2) is 4.53. The van der Waals surface area contributed by atoms with Crippen LogP contribution in [0, 0.1) is 6.92 Å². The van der Waals surface area contributed by atoms with E-state index >= 15 is 0 Å². The minimum Gasteiger partial charge on any atom is -0.306 e. The Labute approximate surface area is 109 Å². The molecule has 0 saturated carbocycles. The van der Waals surface area contributed by atoms with Gasteiger partial charge < -0.3 is 5.32 Å². The van der Waals surface area contributed by atoms with E-state index in [0.29, 0.717) is 11.0 Å². The van der Waals surface area contributed by atoms with Crippen molar-refractivity contribution in [3.05, 3.63) is 54.1 Å². The van der Waals surface area contributed by atoms with Gasteiger partial charge in [0.1, 0.15) is 5.52 Å². The van der Waals surface area contributed by atoms with Crippen molar-refractivity contribution in [3.63, 3.8) is 0 Å². The molecule has 0 atom stereocenters. The van der Waals surface area contributed by atoms with Gasteiger partial charge in [-0.05, 0) is 36.8 Å². The monoisotopic (exact) mass is 252 g/mol. The molecule has 1 N–H and O–H groups in total. The molecule has 1 aromatic heterocycles. The highest BCUT2D eigenvalue weighted by Crippen LogP contribution is 2.13. The summed E-state index contributed by atoms with van der Waals surface area (Å²) in [5.74, 6) is 0. The first-order valence-corrected chi connectivity index (χ1v) is 5.92. The fourth-order valence-electron chi connectivity index (χ4n) is 1.92. The minimum absolute atomic E-state index is 0.320. The first-order valence-electron chi connectivity index (χ1n) is 5.92. The molecule has 0 aliphatic carbocycles. The standard InChI is InChI=1S/C14H12N4O/c1-10-5-4-6-11(9-10)15-14(19)18-13-8-3-2-7-12(13)16-17-18/h2-9H,1H3,(H,15,19). The van der Waals surface area contributed by atoms with Crippen LogP contribution in [0.1, 0.15) is 5.56 Å².